The van der Waals surface area contributed by atoms with E-state index in [1.54, 1.807) is 18.2 Å². The standard InChI is InChI=1S/C12H16Cl2O2/c1-12(2,7-15)8-16-6-9-5-10(13)3-4-11(9)14/h3-5,15H,6-8H2,1-2H3. The van der Waals surface area contributed by atoms with Crippen LogP contribution in [0.5, 0.6) is 0 Å². The second-order valence-corrected chi connectivity index (χ2v) is 5.39. The molecule has 2 nitrogen and oxygen atoms in total. The predicted octanol–water partition coefficient (Wildman–Crippen LogP) is 3.53. The first-order chi connectivity index (χ1) is 7.44. The van der Waals surface area contributed by atoms with Crippen molar-refractivity contribution in [2.45, 2.75) is 20.5 Å². The van der Waals surface area contributed by atoms with Gasteiger partial charge in [0.1, 0.15) is 0 Å². The number of benzene rings is 1. The molecule has 0 heterocycles. The van der Waals surface area contributed by atoms with E-state index in [4.69, 9.17) is 33.0 Å². The van der Waals surface area contributed by atoms with E-state index >= 15 is 0 Å². The molecule has 0 aromatic heterocycles. The highest BCUT2D eigenvalue weighted by Gasteiger charge is 2.16. The molecule has 0 aliphatic heterocycles. The average Bonchev–Trinajstić information content (AvgIpc) is 2.23. The molecule has 0 atom stereocenters. The molecule has 0 saturated carbocycles. The number of rotatable bonds is 5. The number of halogens is 2. The van der Waals surface area contributed by atoms with Crippen LogP contribution in [-0.2, 0) is 11.3 Å². The van der Waals surface area contributed by atoms with Gasteiger partial charge in [0.2, 0.25) is 0 Å². The van der Waals surface area contributed by atoms with E-state index < -0.39 is 0 Å². The zero-order chi connectivity index (χ0) is 12.2. The lowest BCUT2D eigenvalue weighted by atomic mass is 9.97. The lowest BCUT2D eigenvalue weighted by Crippen LogP contribution is -2.23. The van der Waals surface area contributed by atoms with Crippen molar-refractivity contribution in [3.63, 3.8) is 0 Å². The van der Waals surface area contributed by atoms with Gasteiger partial charge in [-0.15, -0.1) is 0 Å². The van der Waals surface area contributed by atoms with Crippen molar-refractivity contribution in [1.82, 2.24) is 0 Å². The van der Waals surface area contributed by atoms with Gasteiger partial charge in [-0.3, -0.25) is 0 Å². The summed E-state index contributed by atoms with van der Waals surface area (Å²) >= 11 is 11.9. The van der Waals surface area contributed by atoms with Gasteiger partial charge >= 0.3 is 0 Å². The van der Waals surface area contributed by atoms with Crippen LogP contribution in [0.2, 0.25) is 10.0 Å². The molecule has 0 fully saturated rings. The molecule has 0 saturated heterocycles. The van der Waals surface area contributed by atoms with Crippen LogP contribution in [0.15, 0.2) is 18.2 Å². The fourth-order valence-electron chi connectivity index (χ4n) is 1.14. The van der Waals surface area contributed by atoms with E-state index in [1.807, 2.05) is 13.8 Å². The Bertz CT molecular complexity index is 351. The van der Waals surface area contributed by atoms with Gasteiger partial charge in [-0.2, -0.15) is 0 Å². The summed E-state index contributed by atoms with van der Waals surface area (Å²) < 4.78 is 5.51. The van der Waals surface area contributed by atoms with Crippen LogP contribution >= 0.6 is 23.2 Å². The van der Waals surface area contributed by atoms with E-state index in [2.05, 4.69) is 0 Å². The van der Waals surface area contributed by atoms with Crippen LogP contribution in [0.4, 0.5) is 0 Å². The van der Waals surface area contributed by atoms with E-state index in [0.717, 1.165) is 5.56 Å². The minimum atomic E-state index is -0.231. The second-order valence-electron chi connectivity index (χ2n) is 4.55. The highest BCUT2D eigenvalue weighted by atomic mass is 35.5. The smallest absolute Gasteiger partial charge is 0.0732 e. The number of aliphatic hydroxyl groups excluding tert-OH is 1. The van der Waals surface area contributed by atoms with E-state index in [9.17, 15) is 0 Å². The summed E-state index contributed by atoms with van der Waals surface area (Å²) in [6.45, 7) is 4.85. The van der Waals surface area contributed by atoms with Gasteiger partial charge in [-0.05, 0) is 23.8 Å². The molecule has 1 aromatic rings. The van der Waals surface area contributed by atoms with Crippen molar-refractivity contribution in [3.8, 4) is 0 Å². The Hall–Kier alpha value is -0.280. The summed E-state index contributed by atoms with van der Waals surface area (Å²) in [4.78, 5) is 0. The molecule has 1 N–H and O–H groups in total. The van der Waals surface area contributed by atoms with Crippen molar-refractivity contribution >= 4 is 23.2 Å². The van der Waals surface area contributed by atoms with E-state index in [1.165, 1.54) is 0 Å². The number of hydrogen-bond donors (Lipinski definition) is 1. The molecule has 0 aliphatic rings. The lowest BCUT2D eigenvalue weighted by Gasteiger charge is -2.21. The summed E-state index contributed by atoms with van der Waals surface area (Å²) in [5, 5.41) is 10.4. The summed E-state index contributed by atoms with van der Waals surface area (Å²) in [6.07, 6.45) is 0. The van der Waals surface area contributed by atoms with Gasteiger partial charge < -0.3 is 9.84 Å². The Labute approximate surface area is 106 Å². The van der Waals surface area contributed by atoms with E-state index in [0.29, 0.717) is 23.3 Å². The van der Waals surface area contributed by atoms with E-state index in [-0.39, 0.29) is 12.0 Å². The molecule has 90 valence electrons. The third-order valence-electron chi connectivity index (χ3n) is 2.19. The number of hydrogen-bond acceptors (Lipinski definition) is 2. The SMILES string of the molecule is CC(C)(CO)COCc1cc(Cl)ccc1Cl. The molecular weight excluding hydrogens is 247 g/mol. The number of ether oxygens (including phenoxy) is 1. The predicted molar refractivity (Wildman–Crippen MR) is 67.0 cm³/mol. The summed E-state index contributed by atoms with van der Waals surface area (Å²) in [7, 11) is 0. The quantitative estimate of drug-likeness (QED) is 0.880. The Kier molecular flexibility index (Phi) is 5.06. The topological polar surface area (TPSA) is 29.5 Å². The normalized spacial score (nSPS) is 11.8. The molecule has 16 heavy (non-hydrogen) atoms. The molecule has 0 aliphatic carbocycles. The lowest BCUT2D eigenvalue weighted by molar-refractivity contribution is 0.0198. The van der Waals surface area contributed by atoms with Crippen molar-refractivity contribution in [1.29, 1.82) is 0 Å². The zero-order valence-electron chi connectivity index (χ0n) is 9.46. The minimum Gasteiger partial charge on any atom is -0.396 e. The van der Waals surface area contributed by atoms with Gasteiger partial charge in [0.25, 0.3) is 0 Å². The highest BCUT2D eigenvalue weighted by Crippen LogP contribution is 2.22. The minimum absolute atomic E-state index is 0.0935. The average molecular weight is 263 g/mol. The molecule has 0 unspecified atom stereocenters. The molecule has 0 spiro atoms. The third kappa shape index (κ3) is 4.30. The van der Waals surface area contributed by atoms with Crippen LogP contribution < -0.4 is 0 Å². The Morgan fingerprint density at radius 3 is 2.62 bits per heavy atom. The highest BCUT2D eigenvalue weighted by molar-refractivity contribution is 6.33. The van der Waals surface area contributed by atoms with Crippen molar-refractivity contribution < 1.29 is 9.84 Å². The van der Waals surface area contributed by atoms with Crippen LogP contribution in [0.25, 0.3) is 0 Å². The van der Waals surface area contributed by atoms with Gasteiger partial charge in [0.05, 0.1) is 19.8 Å². The molecule has 1 rings (SSSR count). The summed E-state index contributed by atoms with van der Waals surface area (Å²) in [5.41, 5.74) is 0.633. The summed E-state index contributed by atoms with van der Waals surface area (Å²) in [6, 6.07) is 5.28. The molecule has 0 radical (unpaired) electrons. The monoisotopic (exact) mass is 262 g/mol. The van der Waals surface area contributed by atoms with Gasteiger partial charge in [0.15, 0.2) is 0 Å². The molecule has 0 amide bonds. The Morgan fingerprint density at radius 2 is 2.00 bits per heavy atom. The maximum absolute atomic E-state index is 9.06. The Balaban J connectivity index is 2.52. The molecule has 4 heteroatoms. The van der Waals surface area contributed by atoms with Crippen molar-refractivity contribution in [2.24, 2.45) is 5.41 Å². The van der Waals surface area contributed by atoms with Gasteiger partial charge in [-0.25, -0.2) is 0 Å². The van der Waals surface area contributed by atoms with Crippen molar-refractivity contribution in [2.75, 3.05) is 13.2 Å². The zero-order valence-corrected chi connectivity index (χ0v) is 11.0. The Morgan fingerprint density at radius 1 is 1.31 bits per heavy atom. The fourth-order valence-corrected chi connectivity index (χ4v) is 1.50. The molecule has 1 aromatic carbocycles. The fraction of sp³-hybridized carbons (Fsp3) is 0.500. The maximum atomic E-state index is 9.06. The van der Waals surface area contributed by atoms with Crippen LogP contribution in [0.1, 0.15) is 19.4 Å². The van der Waals surface area contributed by atoms with Crippen LogP contribution in [-0.4, -0.2) is 18.3 Å². The van der Waals surface area contributed by atoms with Gasteiger partial charge in [-0.1, -0.05) is 37.0 Å². The maximum Gasteiger partial charge on any atom is 0.0732 e. The first-order valence-electron chi connectivity index (χ1n) is 5.07. The largest absolute Gasteiger partial charge is 0.396 e. The van der Waals surface area contributed by atoms with Crippen LogP contribution in [0.3, 0.4) is 0 Å². The van der Waals surface area contributed by atoms with Gasteiger partial charge in [0, 0.05) is 15.5 Å². The first-order valence-corrected chi connectivity index (χ1v) is 5.83. The molecular formula is C12H16Cl2O2. The van der Waals surface area contributed by atoms with Crippen LogP contribution in [0, 0.1) is 5.41 Å². The first kappa shape index (κ1) is 13.8. The summed E-state index contributed by atoms with van der Waals surface area (Å²) in [5.74, 6) is 0. The van der Waals surface area contributed by atoms with Crippen molar-refractivity contribution in [3.05, 3.63) is 33.8 Å². The second kappa shape index (κ2) is 5.87. The number of aliphatic hydroxyl groups is 1. The molecule has 0 bridgehead atoms. The third-order valence-corrected chi connectivity index (χ3v) is 2.79.